The number of halogens is 2. The molecular weight excluding hydrogens is 230 g/mol. The molecule has 3 N–H and O–H groups in total. The van der Waals surface area contributed by atoms with Crippen molar-refractivity contribution in [3.05, 3.63) is 48.1 Å². The number of benzene rings is 1. The number of aliphatic hydroxyl groups is 1. The number of rotatable bonds is 3. The third-order valence-corrected chi connectivity index (χ3v) is 2.27. The Morgan fingerprint density at radius 3 is 2.76 bits per heavy atom. The summed E-state index contributed by atoms with van der Waals surface area (Å²) in [6, 6.07) is 2.79. The monoisotopic (exact) mass is 240 g/mol. The zero-order valence-corrected chi connectivity index (χ0v) is 8.72. The van der Waals surface area contributed by atoms with Crippen molar-refractivity contribution < 1.29 is 13.9 Å². The summed E-state index contributed by atoms with van der Waals surface area (Å²) >= 11 is 0. The van der Waals surface area contributed by atoms with Gasteiger partial charge in [-0.1, -0.05) is 0 Å². The fourth-order valence-corrected chi connectivity index (χ4v) is 1.49. The predicted octanol–water partition coefficient (Wildman–Crippen LogP) is 0.360. The van der Waals surface area contributed by atoms with Crippen LogP contribution in [0.25, 0.3) is 0 Å². The maximum atomic E-state index is 13.4. The van der Waals surface area contributed by atoms with Crippen LogP contribution >= 0.6 is 0 Å². The molecule has 0 aliphatic heterocycles. The molecule has 7 heteroatoms. The minimum atomic E-state index is -1.98. The molecule has 0 bridgehead atoms. The highest BCUT2D eigenvalue weighted by Crippen LogP contribution is 2.21. The minimum absolute atomic E-state index is 0.185. The number of aromatic nitrogens is 3. The maximum Gasteiger partial charge on any atom is 0.162 e. The third kappa shape index (κ3) is 2.45. The largest absolute Gasteiger partial charge is 0.370 e. The molecule has 1 aromatic carbocycles. The van der Waals surface area contributed by atoms with Gasteiger partial charge in [-0.25, -0.2) is 18.4 Å². The number of nitrogens with two attached hydrogens (primary N) is 1. The van der Waals surface area contributed by atoms with Gasteiger partial charge in [0.25, 0.3) is 0 Å². The molecule has 0 aliphatic rings. The van der Waals surface area contributed by atoms with Crippen LogP contribution in [0.1, 0.15) is 5.56 Å². The van der Waals surface area contributed by atoms with Crippen LogP contribution in [0.4, 0.5) is 8.78 Å². The Balaban J connectivity index is 2.30. The fourth-order valence-electron chi connectivity index (χ4n) is 1.49. The van der Waals surface area contributed by atoms with E-state index < -0.39 is 17.4 Å². The lowest BCUT2D eigenvalue weighted by atomic mass is 10.0. The van der Waals surface area contributed by atoms with Crippen LogP contribution in [0.5, 0.6) is 0 Å². The molecule has 2 aromatic rings. The molecule has 1 unspecified atom stereocenters. The van der Waals surface area contributed by atoms with Crippen molar-refractivity contribution in [1.29, 1.82) is 0 Å². The van der Waals surface area contributed by atoms with E-state index in [0.29, 0.717) is 6.07 Å². The molecule has 1 aromatic heterocycles. The van der Waals surface area contributed by atoms with E-state index in [-0.39, 0.29) is 12.1 Å². The number of nitrogens with zero attached hydrogens (tertiary/aromatic N) is 3. The molecule has 5 nitrogen and oxygen atoms in total. The van der Waals surface area contributed by atoms with Gasteiger partial charge in [-0.3, -0.25) is 5.73 Å². The van der Waals surface area contributed by atoms with Crippen LogP contribution in [-0.4, -0.2) is 19.9 Å². The van der Waals surface area contributed by atoms with Crippen molar-refractivity contribution in [2.24, 2.45) is 5.73 Å². The van der Waals surface area contributed by atoms with Gasteiger partial charge in [0, 0.05) is 11.6 Å². The van der Waals surface area contributed by atoms with E-state index in [2.05, 4.69) is 10.1 Å². The van der Waals surface area contributed by atoms with Gasteiger partial charge in [-0.05, 0) is 12.1 Å². The first-order valence-electron chi connectivity index (χ1n) is 4.78. The SMILES string of the molecule is NC(O)(Cn1cncn1)c1ccc(F)cc1F. The molecule has 0 amide bonds. The van der Waals surface area contributed by atoms with E-state index in [1.165, 1.54) is 17.3 Å². The maximum absolute atomic E-state index is 13.4. The van der Waals surface area contributed by atoms with E-state index in [1.54, 1.807) is 0 Å². The lowest BCUT2D eigenvalue weighted by molar-refractivity contribution is 0.0179. The summed E-state index contributed by atoms with van der Waals surface area (Å²) < 4.78 is 27.4. The smallest absolute Gasteiger partial charge is 0.162 e. The Labute approximate surface area is 95.5 Å². The van der Waals surface area contributed by atoms with Crippen LogP contribution < -0.4 is 5.73 Å². The molecule has 1 heterocycles. The summed E-state index contributed by atoms with van der Waals surface area (Å²) in [5, 5.41) is 13.7. The third-order valence-electron chi connectivity index (χ3n) is 2.27. The molecule has 1 atom stereocenters. The summed E-state index contributed by atoms with van der Waals surface area (Å²) in [5.41, 5.74) is 3.40. The molecule has 0 saturated heterocycles. The highest BCUT2D eigenvalue weighted by atomic mass is 19.1. The number of hydrogen-bond donors (Lipinski definition) is 2. The zero-order valence-electron chi connectivity index (χ0n) is 8.72. The summed E-state index contributed by atoms with van der Waals surface area (Å²) in [6.07, 6.45) is 2.59. The molecule has 0 saturated carbocycles. The molecule has 2 rings (SSSR count). The Hall–Kier alpha value is -1.86. The molecular formula is C10H10F2N4O. The fraction of sp³-hybridized carbons (Fsp3) is 0.200. The first-order chi connectivity index (χ1) is 7.99. The summed E-state index contributed by atoms with van der Waals surface area (Å²) in [4.78, 5) is 3.67. The molecule has 0 fully saturated rings. The molecule has 17 heavy (non-hydrogen) atoms. The second-order valence-corrected chi connectivity index (χ2v) is 3.64. The van der Waals surface area contributed by atoms with Crippen LogP contribution in [-0.2, 0) is 12.3 Å². The van der Waals surface area contributed by atoms with Crippen molar-refractivity contribution in [3.8, 4) is 0 Å². The van der Waals surface area contributed by atoms with Gasteiger partial charge in [-0.15, -0.1) is 0 Å². The van der Waals surface area contributed by atoms with Crippen molar-refractivity contribution in [1.82, 2.24) is 14.8 Å². The van der Waals surface area contributed by atoms with Gasteiger partial charge in [0.15, 0.2) is 5.72 Å². The average Bonchev–Trinajstić information content (AvgIpc) is 2.68. The summed E-state index contributed by atoms with van der Waals surface area (Å²) in [7, 11) is 0. The lowest BCUT2D eigenvalue weighted by Gasteiger charge is -2.23. The lowest BCUT2D eigenvalue weighted by Crippen LogP contribution is -2.41. The van der Waals surface area contributed by atoms with E-state index in [4.69, 9.17) is 5.73 Å². The first-order valence-corrected chi connectivity index (χ1v) is 4.78. The van der Waals surface area contributed by atoms with E-state index in [9.17, 15) is 13.9 Å². The van der Waals surface area contributed by atoms with Crippen molar-refractivity contribution in [3.63, 3.8) is 0 Å². The van der Waals surface area contributed by atoms with Gasteiger partial charge in [0.1, 0.15) is 24.3 Å². The van der Waals surface area contributed by atoms with Gasteiger partial charge in [-0.2, -0.15) is 5.10 Å². The topological polar surface area (TPSA) is 77.0 Å². The predicted molar refractivity (Wildman–Crippen MR) is 54.5 cm³/mol. The quantitative estimate of drug-likeness (QED) is 0.759. The second-order valence-electron chi connectivity index (χ2n) is 3.64. The molecule has 0 spiro atoms. The van der Waals surface area contributed by atoms with Gasteiger partial charge in [0.05, 0.1) is 6.54 Å². The number of hydrogen-bond acceptors (Lipinski definition) is 4. The van der Waals surface area contributed by atoms with Gasteiger partial charge >= 0.3 is 0 Å². The molecule has 90 valence electrons. The Bertz CT molecular complexity index is 513. The standard InChI is InChI=1S/C10H10F2N4O/c11-7-1-2-8(9(12)3-7)10(13,17)4-16-6-14-5-15-16/h1-3,5-6,17H,4,13H2. The van der Waals surface area contributed by atoms with E-state index in [1.807, 2.05) is 0 Å². The summed E-state index contributed by atoms with van der Waals surface area (Å²) in [5.74, 6) is -1.64. The zero-order chi connectivity index (χ0) is 12.5. The van der Waals surface area contributed by atoms with Crippen molar-refractivity contribution in [2.45, 2.75) is 12.3 Å². The van der Waals surface area contributed by atoms with Crippen LogP contribution in [0, 0.1) is 11.6 Å². The average molecular weight is 240 g/mol. The normalized spacial score (nSPS) is 14.6. The first kappa shape index (κ1) is 11.6. The second kappa shape index (κ2) is 4.19. The van der Waals surface area contributed by atoms with Crippen LogP contribution in [0.15, 0.2) is 30.9 Å². The Kier molecular flexibility index (Phi) is 2.86. The summed E-state index contributed by atoms with van der Waals surface area (Å²) in [6.45, 7) is -0.185. The Morgan fingerprint density at radius 2 is 2.18 bits per heavy atom. The van der Waals surface area contributed by atoms with Crippen LogP contribution in [0.2, 0.25) is 0 Å². The van der Waals surface area contributed by atoms with E-state index in [0.717, 1.165) is 12.1 Å². The van der Waals surface area contributed by atoms with E-state index >= 15 is 0 Å². The highest BCUT2D eigenvalue weighted by molar-refractivity contribution is 5.23. The molecule has 0 aliphatic carbocycles. The highest BCUT2D eigenvalue weighted by Gasteiger charge is 2.28. The van der Waals surface area contributed by atoms with Crippen molar-refractivity contribution in [2.75, 3.05) is 0 Å². The molecule has 0 radical (unpaired) electrons. The van der Waals surface area contributed by atoms with Crippen LogP contribution in [0.3, 0.4) is 0 Å². The minimum Gasteiger partial charge on any atom is -0.370 e. The van der Waals surface area contributed by atoms with Crippen molar-refractivity contribution >= 4 is 0 Å². The van der Waals surface area contributed by atoms with Gasteiger partial charge in [0.2, 0.25) is 0 Å². The van der Waals surface area contributed by atoms with Gasteiger partial charge < -0.3 is 5.11 Å². The Morgan fingerprint density at radius 1 is 1.41 bits per heavy atom.